The van der Waals surface area contributed by atoms with Crippen LogP contribution in [0.3, 0.4) is 0 Å². The molecule has 3 aromatic rings. The van der Waals surface area contributed by atoms with Crippen LogP contribution in [0.4, 0.5) is 0 Å². The second-order valence-corrected chi connectivity index (χ2v) is 10.1. The van der Waals surface area contributed by atoms with Crippen LogP contribution in [-0.2, 0) is 23.0 Å². The molecule has 0 aliphatic rings. The lowest BCUT2D eigenvalue weighted by Gasteiger charge is -2.18. The van der Waals surface area contributed by atoms with E-state index in [0.29, 0.717) is 10.9 Å². The minimum atomic E-state index is -3.66. The normalized spacial score (nSPS) is 12.7. The van der Waals surface area contributed by atoms with Crippen molar-refractivity contribution in [2.24, 2.45) is 0 Å². The molecule has 158 valence electrons. The van der Waals surface area contributed by atoms with Gasteiger partial charge in [0.15, 0.2) is 0 Å². The maximum atomic E-state index is 13.0. The van der Waals surface area contributed by atoms with Gasteiger partial charge in [0, 0.05) is 24.3 Å². The topological polar surface area (TPSA) is 59.5 Å². The highest BCUT2D eigenvalue weighted by Gasteiger charge is 2.23. The molecule has 0 N–H and O–H groups in total. The van der Waals surface area contributed by atoms with Crippen molar-refractivity contribution in [3.8, 4) is 5.75 Å². The van der Waals surface area contributed by atoms with Gasteiger partial charge in [-0.1, -0.05) is 49.4 Å². The van der Waals surface area contributed by atoms with Crippen molar-refractivity contribution < 1.29 is 13.2 Å². The lowest BCUT2D eigenvalue weighted by atomic mass is 9.96. The summed E-state index contributed by atoms with van der Waals surface area (Å²) in [5.41, 5.74) is 2.94. The first-order chi connectivity index (χ1) is 14.3. The second-order valence-electron chi connectivity index (χ2n) is 7.22. The van der Waals surface area contributed by atoms with Crippen molar-refractivity contribution >= 4 is 26.0 Å². The Bertz CT molecular complexity index is 1090. The fourth-order valence-electron chi connectivity index (χ4n) is 3.18. The minimum absolute atomic E-state index is 0.168. The fourth-order valence-corrected chi connectivity index (χ4v) is 4.98. The van der Waals surface area contributed by atoms with Gasteiger partial charge < -0.3 is 4.74 Å². The molecule has 0 fully saturated rings. The summed E-state index contributed by atoms with van der Waals surface area (Å²) in [4.78, 5) is 4.62. The van der Waals surface area contributed by atoms with Crippen LogP contribution in [0.5, 0.6) is 5.75 Å². The van der Waals surface area contributed by atoms with Crippen LogP contribution in [0.25, 0.3) is 0 Å². The van der Waals surface area contributed by atoms with Gasteiger partial charge in [-0.2, -0.15) is 4.31 Å². The highest BCUT2D eigenvalue weighted by atomic mass is 79.9. The maximum absolute atomic E-state index is 13.0. The van der Waals surface area contributed by atoms with Gasteiger partial charge in [0.05, 0.1) is 12.8 Å². The molecule has 3 rings (SSSR count). The number of aromatic nitrogens is 1. The van der Waals surface area contributed by atoms with Crippen LogP contribution >= 0.6 is 15.9 Å². The third-order valence-corrected chi connectivity index (χ3v) is 7.49. The molecule has 0 aliphatic carbocycles. The SMILES string of the molecule is COc1ccc(CN(C)S(=O)(=O)c2cnc(C[C@H](C)c3ccccc3)c(Br)c2)cc1. The lowest BCUT2D eigenvalue weighted by molar-refractivity contribution is 0.414. The molecule has 7 heteroatoms. The van der Waals surface area contributed by atoms with Crippen LogP contribution in [-0.4, -0.2) is 31.9 Å². The van der Waals surface area contributed by atoms with Crippen LogP contribution in [0.1, 0.15) is 29.7 Å². The zero-order valence-electron chi connectivity index (χ0n) is 17.2. The minimum Gasteiger partial charge on any atom is -0.497 e. The van der Waals surface area contributed by atoms with Crippen molar-refractivity contribution in [3.63, 3.8) is 0 Å². The van der Waals surface area contributed by atoms with Crippen LogP contribution in [0.15, 0.2) is 76.2 Å². The largest absolute Gasteiger partial charge is 0.497 e. The molecular weight excluding hydrogens is 464 g/mol. The van der Waals surface area contributed by atoms with E-state index >= 15 is 0 Å². The number of hydrogen-bond acceptors (Lipinski definition) is 4. The van der Waals surface area contributed by atoms with E-state index in [1.807, 2.05) is 42.5 Å². The Morgan fingerprint density at radius 1 is 1.10 bits per heavy atom. The molecule has 0 unspecified atom stereocenters. The van der Waals surface area contributed by atoms with Gasteiger partial charge in [0.25, 0.3) is 0 Å². The number of benzene rings is 2. The average molecular weight is 489 g/mol. The molecule has 1 aromatic heterocycles. The zero-order valence-corrected chi connectivity index (χ0v) is 19.7. The van der Waals surface area contributed by atoms with E-state index < -0.39 is 10.0 Å². The number of hydrogen-bond donors (Lipinski definition) is 0. The van der Waals surface area contributed by atoms with Gasteiger partial charge >= 0.3 is 0 Å². The number of nitrogens with zero attached hydrogens (tertiary/aromatic N) is 2. The average Bonchev–Trinajstić information content (AvgIpc) is 2.76. The Morgan fingerprint density at radius 2 is 1.77 bits per heavy atom. The van der Waals surface area contributed by atoms with E-state index in [4.69, 9.17) is 4.74 Å². The molecule has 1 heterocycles. The Balaban J connectivity index is 1.74. The second kappa shape index (κ2) is 9.73. The van der Waals surface area contributed by atoms with Crippen molar-refractivity contribution in [1.29, 1.82) is 0 Å². The number of halogens is 1. The number of ether oxygens (including phenoxy) is 1. The van der Waals surface area contributed by atoms with Crippen molar-refractivity contribution in [2.45, 2.75) is 30.7 Å². The summed E-state index contributed by atoms with van der Waals surface area (Å²) < 4.78 is 33.2. The molecule has 0 radical (unpaired) electrons. The molecular formula is C23H25BrN2O3S. The molecule has 1 atom stereocenters. The Hall–Kier alpha value is -2.22. The van der Waals surface area contributed by atoms with Gasteiger partial charge in [-0.25, -0.2) is 8.42 Å². The highest BCUT2D eigenvalue weighted by Crippen LogP contribution is 2.27. The van der Waals surface area contributed by atoms with Crippen LogP contribution in [0.2, 0.25) is 0 Å². The van der Waals surface area contributed by atoms with Crippen LogP contribution < -0.4 is 4.74 Å². The Labute approximate surface area is 186 Å². The molecule has 0 saturated carbocycles. The van der Waals surface area contributed by atoms with Gasteiger partial charge in [-0.3, -0.25) is 4.98 Å². The lowest BCUT2D eigenvalue weighted by Crippen LogP contribution is -2.26. The first-order valence-electron chi connectivity index (χ1n) is 9.60. The van der Waals surface area contributed by atoms with E-state index in [0.717, 1.165) is 17.0 Å². The molecule has 5 nitrogen and oxygen atoms in total. The van der Waals surface area contributed by atoms with E-state index in [1.165, 1.54) is 16.1 Å². The first kappa shape index (κ1) is 22.5. The van der Waals surface area contributed by atoms with Gasteiger partial charge in [-0.05, 0) is 57.6 Å². The van der Waals surface area contributed by atoms with Gasteiger partial charge in [-0.15, -0.1) is 0 Å². The van der Waals surface area contributed by atoms with Crippen molar-refractivity contribution in [3.05, 3.63) is 88.2 Å². The van der Waals surface area contributed by atoms with E-state index in [2.05, 4.69) is 40.0 Å². The standard InChI is InChI=1S/C23H25BrN2O3S/c1-17(19-7-5-4-6-8-19)13-23-22(24)14-21(15-25-23)30(27,28)26(2)16-18-9-11-20(29-3)12-10-18/h4-12,14-15,17H,13,16H2,1-3H3/t17-/m0/s1. The van der Waals surface area contributed by atoms with E-state index in [9.17, 15) is 8.42 Å². The number of rotatable bonds is 8. The number of sulfonamides is 1. The Kier molecular flexibility index (Phi) is 7.28. The third kappa shape index (κ3) is 5.28. The number of methoxy groups -OCH3 is 1. The zero-order chi connectivity index (χ0) is 21.7. The summed E-state index contributed by atoms with van der Waals surface area (Å²) in [6.07, 6.45) is 2.16. The summed E-state index contributed by atoms with van der Waals surface area (Å²) >= 11 is 3.51. The maximum Gasteiger partial charge on any atom is 0.244 e. The highest BCUT2D eigenvalue weighted by molar-refractivity contribution is 9.10. The summed E-state index contributed by atoms with van der Waals surface area (Å²) in [6.45, 7) is 2.40. The smallest absolute Gasteiger partial charge is 0.244 e. The van der Waals surface area contributed by atoms with Crippen LogP contribution in [0, 0.1) is 0 Å². The third-order valence-electron chi connectivity index (χ3n) is 5.03. The predicted octanol–water partition coefficient (Wildman–Crippen LogP) is 5.02. The predicted molar refractivity (Wildman–Crippen MR) is 122 cm³/mol. The molecule has 0 aliphatic heterocycles. The first-order valence-corrected chi connectivity index (χ1v) is 11.8. The summed E-state index contributed by atoms with van der Waals surface area (Å²) in [6, 6.07) is 19.2. The molecule has 0 amide bonds. The summed E-state index contributed by atoms with van der Waals surface area (Å²) in [5.74, 6) is 1.01. The fraction of sp³-hybridized carbons (Fsp3) is 0.261. The molecule has 30 heavy (non-hydrogen) atoms. The molecule has 0 saturated heterocycles. The monoisotopic (exact) mass is 488 g/mol. The summed E-state index contributed by atoms with van der Waals surface area (Å²) in [7, 11) is -0.497. The quantitative estimate of drug-likeness (QED) is 0.446. The van der Waals surface area contributed by atoms with E-state index in [1.54, 1.807) is 20.2 Å². The van der Waals surface area contributed by atoms with Gasteiger partial charge in [0.2, 0.25) is 10.0 Å². The Morgan fingerprint density at radius 3 is 2.37 bits per heavy atom. The number of pyridine rings is 1. The van der Waals surface area contributed by atoms with E-state index in [-0.39, 0.29) is 17.4 Å². The molecule has 0 spiro atoms. The molecule has 2 aromatic carbocycles. The van der Waals surface area contributed by atoms with Crippen molar-refractivity contribution in [2.75, 3.05) is 14.2 Å². The van der Waals surface area contributed by atoms with Gasteiger partial charge in [0.1, 0.15) is 10.6 Å². The summed E-state index contributed by atoms with van der Waals surface area (Å²) in [5, 5.41) is 0. The molecule has 0 bridgehead atoms. The van der Waals surface area contributed by atoms with Crippen molar-refractivity contribution in [1.82, 2.24) is 9.29 Å².